The maximum absolute atomic E-state index is 12.5. The standard InChI is InChI=1S/C47H70NO6PSi/c1-39(2)21-19-23-40(3)28-29-42(5)30-33-47(9,10)32-18-17-22-41(4)31-36-51-43(37-53-55(49,50)52-35-20-34-48)38-54-56(46(6,7)8,44-24-13-11-14-25-44)45-26-15-12-16-27-45/h11-16,18,21,24-28,31-32,43H,5,17,19-20,22-23,29-30,33,35-38H2,1-4,6-10H3,(H,49,50)/p-1/b32-18+,40-28+,41-31-/t43-/m0/s1. The smallest absolute Gasteiger partial charge is 0.267 e. The van der Waals surface area contributed by atoms with Gasteiger partial charge in [-0.25, -0.2) is 0 Å². The molecule has 0 N–H and O–H groups in total. The van der Waals surface area contributed by atoms with Crippen LogP contribution in [-0.4, -0.2) is 40.8 Å². The quantitative estimate of drug-likeness (QED) is 0.0404. The predicted octanol–water partition coefficient (Wildman–Crippen LogP) is 11.1. The van der Waals surface area contributed by atoms with E-state index >= 15 is 0 Å². The fraction of sp³-hybridized carbons (Fsp3) is 0.511. The molecule has 0 bridgehead atoms. The molecule has 7 nitrogen and oxygen atoms in total. The first-order valence-electron chi connectivity index (χ1n) is 20.0. The van der Waals surface area contributed by atoms with Gasteiger partial charge in [0.05, 0.1) is 38.9 Å². The van der Waals surface area contributed by atoms with E-state index in [-0.39, 0.29) is 43.3 Å². The maximum Gasteiger partial charge on any atom is 0.267 e. The van der Waals surface area contributed by atoms with Gasteiger partial charge in [-0.15, -0.1) is 0 Å². The molecule has 0 amide bonds. The average molecular weight is 803 g/mol. The number of hydrogen-bond donors (Lipinski definition) is 0. The summed E-state index contributed by atoms with van der Waals surface area (Å²) >= 11 is 0. The topological polar surface area (TPSA) is 101 Å². The van der Waals surface area contributed by atoms with Crippen molar-refractivity contribution < 1.29 is 27.7 Å². The molecule has 0 saturated carbocycles. The maximum atomic E-state index is 12.5. The summed E-state index contributed by atoms with van der Waals surface area (Å²) in [7, 11) is -7.58. The summed E-state index contributed by atoms with van der Waals surface area (Å²) < 4.78 is 36.1. The molecule has 2 rings (SSSR count). The lowest BCUT2D eigenvalue weighted by molar-refractivity contribution is -0.227. The van der Waals surface area contributed by atoms with Crippen LogP contribution in [0.3, 0.4) is 0 Å². The number of rotatable bonds is 26. The average Bonchev–Trinajstić information content (AvgIpc) is 3.14. The molecule has 0 spiro atoms. The highest BCUT2D eigenvalue weighted by Crippen LogP contribution is 2.39. The Bertz CT molecular complexity index is 1640. The molecule has 1 unspecified atom stereocenters. The van der Waals surface area contributed by atoms with Gasteiger partial charge in [0.2, 0.25) is 0 Å². The molecular formula is C47H69NO6PSi-. The number of phosphoric ester groups is 1. The van der Waals surface area contributed by atoms with Crippen LogP contribution < -0.4 is 15.3 Å². The molecule has 2 aromatic rings. The third-order valence-electron chi connectivity index (χ3n) is 9.78. The van der Waals surface area contributed by atoms with E-state index in [1.807, 2.05) is 48.5 Å². The van der Waals surface area contributed by atoms with Crippen molar-refractivity contribution in [2.24, 2.45) is 5.41 Å². The number of nitriles is 1. The Morgan fingerprint density at radius 2 is 1.45 bits per heavy atom. The third-order valence-corrected chi connectivity index (χ3v) is 15.7. The van der Waals surface area contributed by atoms with Gasteiger partial charge < -0.3 is 23.1 Å². The minimum atomic E-state index is -4.66. The minimum Gasteiger partial charge on any atom is -0.756 e. The Balaban J connectivity index is 2.08. The molecule has 0 fully saturated rings. The van der Waals surface area contributed by atoms with Crippen molar-refractivity contribution in [1.82, 2.24) is 0 Å². The van der Waals surface area contributed by atoms with Gasteiger partial charge in [-0.05, 0) is 93.5 Å². The van der Waals surface area contributed by atoms with E-state index in [0.717, 1.165) is 55.3 Å². The van der Waals surface area contributed by atoms with Crippen LogP contribution in [0, 0.1) is 16.7 Å². The highest BCUT2D eigenvalue weighted by Gasteiger charge is 2.50. The lowest BCUT2D eigenvalue weighted by atomic mass is 9.85. The van der Waals surface area contributed by atoms with Crippen LogP contribution in [0.5, 0.6) is 0 Å². The molecule has 0 aliphatic rings. The van der Waals surface area contributed by atoms with Crippen LogP contribution in [0.15, 0.2) is 120 Å². The van der Waals surface area contributed by atoms with Crippen molar-refractivity contribution in [2.45, 2.75) is 125 Å². The summed E-state index contributed by atoms with van der Waals surface area (Å²) in [5.41, 5.74) is 5.32. The van der Waals surface area contributed by atoms with Crippen molar-refractivity contribution in [3.05, 3.63) is 120 Å². The third kappa shape index (κ3) is 18.4. The van der Waals surface area contributed by atoms with E-state index < -0.39 is 22.2 Å². The molecule has 56 heavy (non-hydrogen) atoms. The summed E-state index contributed by atoms with van der Waals surface area (Å²) in [6.45, 7) is 23.9. The Labute approximate surface area is 341 Å². The highest BCUT2D eigenvalue weighted by molar-refractivity contribution is 7.45. The monoisotopic (exact) mass is 802 g/mol. The molecule has 2 aromatic carbocycles. The van der Waals surface area contributed by atoms with Crippen LogP contribution in [0.4, 0.5) is 0 Å². The number of allylic oxidation sites excluding steroid dienone is 8. The second-order valence-electron chi connectivity index (χ2n) is 16.7. The number of ether oxygens (including phenoxy) is 1. The van der Waals surface area contributed by atoms with Gasteiger partial charge in [0.25, 0.3) is 16.1 Å². The number of nitrogens with zero attached hydrogens (tertiary/aromatic N) is 1. The first-order valence-corrected chi connectivity index (χ1v) is 23.4. The van der Waals surface area contributed by atoms with E-state index in [2.05, 4.69) is 117 Å². The molecule has 2 atom stereocenters. The molecule has 0 saturated heterocycles. The van der Waals surface area contributed by atoms with Gasteiger partial charge in [0.1, 0.15) is 6.10 Å². The van der Waals surface area contributed by atoms with Crippen LogP contribution in [0.2, 0.25) is 5.04 Å². The minimum absolute atomic E-state index is 0.0614. The zero-order valence-electron chi connectivity index (χ0n) is 35.8. The van der Waals surface area contributed by atoms with Crippen molar-refractivity contribution in [2.75, 3.05) is 26.4 Å². The van der Waals surface area contributed by atoms with Crippen LogP contribution >= 0.6 is 7.82 Å². The number of phosphoric acid groups is 1. The SMILES string of the molecule is C=C(C/C=C(\C)CCC=C(C)C)CCC(C)(C)/C=C/CC/C(C)=C\CO[C@H](CO[Si](c1ccccc1)(c1ccccc1)C(C)(C)C)COP(=O)([O-])OCCC#N. The summed E-state index contributed by atoms with van der Waals surface area (Å²) in [6, 6.07) is 22.4. The fourth-order valence-corrected chi connectivity index (χ4v) is 11.7. The summed E-state index contributed by atoms with van der Waals surface area (Å²) in [5.74, 6) is 0. The van der Waals surface area contributed by atoms with Crippen molar-refractivity contribution in [3.63, 3.8) is 0 Å². The first-order chi connectivity index (χ1) is 26.4. The normalized spacial score (nSPS) is 14.7. The Morgan fingerprint density at radius 3 is 2.02 bits per heavy atom. The van der Waals surface area contributed by atoms with Crippen molar-refractivity contribution >= 4 is 26.5 Å². The van der Waals surface area contributed by atoms with Gasteiger partial charge >= 0.3 is 0 Å². The van der Waals surface area contributed by atoms with E-state index in [9.17, 15) is 9.46 Å². The highest BCUT2D eigenvalue weighted by atomic mass is 31.2. The molecule has 0 aliphatic heterocycles. The molecule has 0 heterocycles. The second-order valence-corrected chi connectivity index (χ2v) is 22.4. The first kappa shape index (κ1) is 49.0. The molecule has 0 radical (unpaired) electrons. The molecule has 0 aliphatic carbocycles. The van der Waals surface area contributed by atoms with Gasteiger partial charge in [0.15, 0.2) is 0 Å². The molecule has 308 valence electrons. The lowest BCUT2D eigenvalue weighted by Crippen LogP contribution is -2.67. The van der Waals surface area contributed by atoms with E-state index in [1.54, 1.807) is 0 Å². The van der Waals surface area contributed by atoms with Crippen LogP contribution in [-0.2, 0) is 22.8 Å². The van der Waals surface area contributed by atoms with Crippen molar-refractivity contribution in [1.29, 1.82) is 5.26 Å². The van der Waals surface area contributed by atoms with E-state index in [0.29, 0.717) is 0 Å². The summed E-state index contributed by atoms with van der Waals surface area (Å²) in [6.07, 6.45) is 17.5. The zero-order chi connectivity index (χ0) is 41.7. The Morgan fingerprint density at radius 1 is 0.857 bits per heavy atom. The van der Waals surface area contributed by atoms with E-state index in [1.165, 1.54) is 22.3 Å². The number of hydrogen-bond acceptors (Lipinski definition) is 7. The Hall–Kier alpha value is -3.12. The van der Waals surface area contributed by atoms with Gasteiger partial charge in [0, 0.05) is 0 Å². The molecule has 9 heteroatoms. The van der Waals surface area contributed by atoms with Crippen LogP contribution in [0.25, 0.3) is 0 Å². The lowest BCUT2D eigenvalue weighted by Gasteiger charge is -2.43. The molecule has 0 aromatic heterocycles. The van der Waals surface area contributed by atoms with Gasteiger partial charge in [-0.3, -0.25) is 4.57 Å². The largest absolute Gasteiger partial charge is 0.756 e. The number of benzene rings is 2. The zero-order valence-corrected chi connectivity index (χ0v) is 37.7. The molecular weight excluding hydrogens is 734 g/mol. The Kier molecular flexibility index (Phi) is 21.5. The second kappa shape index (κ2) is 24.6. The van der Waals surface area contributed by atoms with Crippen molar-refractivity contribution in [3.8, 4) is 6.07 Å². The predicted molar refractivity (Wildman–Crippen MR) is 234 cm³/mol. The van der Waals surface area contributed by atoms with Crippen LogP contribution in [0.1, 0.15) is 114 Å². The van der Waals surface area contributed by atoms with E-state index in [4.69, 9.17) is 23.5 Å². The van der Waals surface area contributed by atoms with Gasteiger partial charge in [-0.1, -0.05) is 155 Å². The summed E-state index contributed by atoms with van der Waals surface area (Å²) in [4.78, 5) is 12.5. The van der Waals surface area contributed by atoms with Gasteiger partial charge in [-0.2, -0.15) is 5.26 Å². The fourth-order valence-electron chi connectivity index (χ4n) is 6.37. The summed E-state index contributed by atoms with van der Waals surface area (Å²) in [5, 5.41) is 10.8.